The lowest BCUT2D eigenvalue weighted by molar-refractivity contribution is 0.136. The minimum atomic E-state index is -0.669. The van der Waals surface area contributed by atoms with Gasteiger partial charge in [0.2, 0.25) is 0 Å². The first-order valence-electron chi connectivity index (χ1n) is 7.51. The summed E-state index contributed by atoms with van der Waals surface area (Å²) < 4.78 is 12.8. The number of phenols is 1. The Balaban J connectivity index is 1.75. The van der Waals surface area contributed by atoms with Crippen LogP contribution in [-0.4, -0.2) is 22.8 Å². The first-order valence-corrected chi connectivity index (χ1v) is 7.51. The van der Waals surface area contributed by atoms with Crippen molar-refractivity contribution in [1.82, 2.24) is 5.32 Å². The third-order valence-electron chi connectivity index (χ3n) is 3.71. The van der Waals surface area contributed by atoms with Gasteiger partial charge in [-0.3, -0.25) is 0 Å². The smallest absolute Gasteiger partial charge is 0.123 e. The second-order valence-electron chi connectivity index (χ2n) is 5.51. The summed E-state index contributed by atoms with van der Waals surface area (Å²) in [5.41, 5.74) is 1.79. The molecule has 0 aliphatic carbocycles. The fourth-order valence-corrected chi connectivity index (χ4v) is 2.38. The van der Waals surface area contributed by atoms with Crippen LogP contribution < -0.4 is 5.32 Å². The highest BCUT2D eigenvalue weighted by molar-refractivity contribution is 5.29. The molecule has 0 aromatic heterocycles. The molecule has 0 aliphatic rings. The Bertz CT molecular complexity index is 586. The van der Waals surface area contributed by atoms with Gasteiger partial charge in [-0.15, -0.1) is 0 Å². The van der Waals surface area contributed by atoms with Crippen molar-refractivity contribution in [2.75, 3.05) is 6.54 Å². The molecule has 0 heterocycles. The van der Waals surface area contributed by atoms with Crippen LogP contribution in [0.2, 0.25) is 0 Å². The topological polar surface area (TPSA) is 52.5 Å². The van der Waals surface area contributed by atoms with Crippen LogP contribution in [0.3, 0.4) is 0 Å². The van der Waals surface area contributed by atoms with Crippen LogP contribution in [0.1, 0.15) is 30.6 Å². The average molecular weight is 303 g/mol. The number of aryl methyl sites for hydroxylation is 1. The molecule has 0 saturated heterocycles. The van der Waals surface area contributed by atoms with Crippen molar-refractivity contribution >= 4 is 0 Å². The van der Waals surface area contributed by atoms with E-state index in [-0.39, 0.29) is 17.6 Å². The maximum atomic E-state index is 12.8. The normalized spacial score (nSPS) is 13.8. The summed E-state index contributed by atoms with van der Waals surface area (Å²) in [4.78, 5) is 0. The Morgan fingerprint density at radius 2 is 1.86 bits per heavy atom. The maximum Gasteiger partial charge on any atom is 0.123 e. The van der Waals surface area contributed by atoms with E-state index in [2.05, 4.69) is 5.32 Å². The third kappa shape index (κ3) is 4.83. The summed E-state index contributed by atoms with van der Waals surface area (Å²) in [5, 5.41) is 23.0. The van der Waals surface area contributed by atoms with Gasteiger partial charge in [0.25, 0.3) is 0 Å². The Morgan fingerprint density at radius 3 is 2.55 bits per heavy atom. The standard InChI is InChI=1S/C18H22FNO2/c1-13(18(22)15-5-2-6-17(21)12-15)20-11-3-4-14-7-9-16(19)10-8-14/h2,5-10,12-13,18,20-22H,3-4,11H2,1H3. The van der Waals surface area contributed by atoms with Crippen LogP contribution in [0.25, 0.3) is 0 Å². The van der Waals surface area contributed by atoms with E-state index in [0.717, 1.165) is 24.9 Å². The summed E-state index contributed by atoms with van der Waals surface area (Å²) >= 11 is 0. The largest absolute Gasteiger partial charge is 0.508 e. The van der Waals surface area contributed by atoms with Gasteiger partial charge in [0.05, 0.1) is 6.10 Å². The number of phenolic OH excluding ortho intramolecular Hbond substituents is 1. The molecule has 3 nitrogen and oxygen atoms in total. The van der Waals surface area contributed by atoms with Crippen molar-refractivity contribution in [2.45, 2.75) is 31.9 Å². The van der Waals surface area contributed by atoms with Gasteiger partial charge in [-0.1, -0.05) is 24.3 Å². The molecule has 2 unspecified atom stereocenters. The summed E-state index contributed by atoms with van der Waals surface area (Å²) in [6.07, 6.45) is 1.10. The molecule has 2 rings (SSSR count). The van der Waals surface area contributed by atoms with Crippen molar-refractivity contribution in [3.05, 3.63) is 65.5 Å². The molecule has 2 aromatic carbocycles. The van der Waals surface area contributed by atoms with E-state index in [0.29, 0.717) is 5.56 Å². The number of aromatic hydroxyl groups is 1. The minimum absolute atomic E-state index is 0.116. The average Bonchev–Trinajstić information content (AvgIpc) is 2.52. The molecular formula is C18H22FNO2. The van der Waals surface area contributed by atoms with Crippen LogP contribution in [-0.2, 0) is 6.42 Å². The molecule has 0 spiro atoms. The zero-order valence-corrected chi connectivity index (χ0v) is 12.7. The van der Waals surface area contributed by atoms with E-state index in [1.54, 1.807) is 36.4 Å². The molecule has 118 valence electrons. The van der Waals surface area contributed by atoms with E-state index < -0.39 is 6.10 Å². The first-order chi connectivity index (χ1) is 10.6. The van der Waals surface area contributed by atoms with Crippen molar-refractivity contribution in [2.24, 2.45) is 0 Å². The summed E-state index contributed by atoms with van der Waals surface area (Å²) in [6, 6.07) is 13.1. The molecular weight excluding hydrogens is 281 g/mol. The Labute approximate surface area is 130 Å². The molecule has 2 atom stereocenters. The fourth-order valence-electron chi connectivity index (χ4n) is 2.38. The number of hydrogen-bond acceptors (Lipinski definition) is 3. The molecule has 2 aromatic rings. The van der Waals surface area contributed by atoms with Crippen molar-refractivity contribution in [3.8, 4) is 5.75 Å². The molecule has 0 bridgehead atoms. The Hall–Kier alpha value is -1.91. The van der Waals surface area contributed by atoms with E-state index in [4.69, 9.17) is 0 Å². The Morgan fingerprint density at radius 1 is 1.14 bits per heavy atom. The molecule has 4 heteroatoms. The van der Waals surface area contributed by atoms with Crippen molar-refractivity contribution in [1.29, 1.82) is 0 Å². The van der Waals surface area contributed by atoms with E-state index in [1.807, 2.05) is 6.92 Å². The lowest BCUT2D eigenvalue weighted by atomic mass is 10.0. The van der Waals surface area contributed by atoms with Gasteiger partial charge in [0.15, 0.2) is 0 Å². The van der Waals surface area contributed by atoms with Crippen LogP contribution in [0, 0.1) is 5.82 Å². The zero-order valence-electron chi connectivity index (χ0n) is 12.7. The van der Waals surface area contributed by atoms with Gasteiger partial charge < -0.3 is 15.5 Å². The highest BCUT2D eigenvalue weighted by atomic mass is 19.1. The van der Waals surface area contributed by atoms with Crippen molar-refractivity contribution in [3.63, 3.8) is 0 Å². The number of hydrogen-bond donors (Lipinski definition) is 3. The highest BCUT2D eigenvalue weighted by Crippen LogP contribution is 2.20. The lowest BCUT2D eigenvalue weighted by Crippen LogP contribution is -2.33. The first kappa shape index (κ1) is 16.5. The number of rotatable bonds is 7. The van der Waals surface area contributed by atoms with E-state index >= 15 is 0 Å². The molecule has 0 saturated carbocycles. The second-order valence-corrected chi connectivity index (χ2v) is 5.51. The van der Waals surface area contributed by atoms with Gasteiger partial charge >= 0.3 is 0 Å². The molecule has 3 N–H and O–H groups in total. The monoisotopic (exact) mass is 303 g/mol. The van der Waals surface area contributed by atoms with Gasteiger partial charge in [-0.25, -0.2) is 4.39 Å². The maximum absolute atomic E-state index is 12.8. The number of aliphatic hydroxyl groups excluding tert-OH is 1. The highest BCUT2D eigenvalue weighted by Gasteiger charge is 2.15. The predicted molar refractivity (Wildman–Crippen MR) is 85.3 cm³/mol. The minimum Gasteiger partial charge on any atom is -0.508 e. The van der Waals surface area contributed by atoms with E-state index in [1.165, 1.54) is 12.1 Å². The number of halogens is 1. The van der Waals surface area contributed by atoms with Crippen LogP contribution in [0.5, 0.6) is 5.75 Å². The fraction of sp³-hybridized carbons (Fsp3) is 0.333. The summed E-state index contributed by atoms with van der Waals surface area (Å²) in [7, 11) is 0. The van der Waals surface area contributed by atoms with Gasteiger partial charge in [-0.05, 0) is 61.7 Å². The quantitative estimate of drug-likeness (QED) is 0.689. The SMILES string of the molecule is CC(NCCCc1ccc(F)cc1)C(O)c1cccc(O)c1. The van der Waals surface area contributed by atoms with Crippen molar-refractivity contribution < 1.29 is 14.6 Å². The lowest BCUT2D eigenvalue weighted by Gasteiger charge is -2.20. The van der Waals surface area contributed by atoms with Gasteiger partial charge in [0.1, 0.15) is 11.6 Å². The molecule has 0 aliphatic heterocycles. The predicted octanol–water partition coefficient (Wildman–Crippen LogP) is 3.18. The number of benzene rings is 2. The molecule has 0 radical (unpaired) electrons. The van der Waals surface area contributed by atoms with E-state index in [9.17, 15) is 14.6 Å². The Kier molecular flexibility index (Phi) is 5.92. The molecule has 0 fully saturated rings. The van der Waals surface area contributed by atoms with Gasteiger partial charge in [0, 0.05) is 6.04 Å². The molecule has 22 heavy (non-hydrogen) atoms. The van der Waals surface area contributed by atoms with Crippen LogP contribution in [0.15, 0.2) is 48.5 Å². The number of nitrogens with one attached hydrogen (secondary N) is 1. The second kappa shape index (κ2) is 7.92. The number of aliphatic hydroxyl groups is 1. The zero-order chi connectivity index (χ0) is 15.9. The third-order valence-corrected chi connectivity index (χ3v) is 3.71. The molecule has 0 amide bonds. The van der Waals surface area contributed by atoms with Gasteiger partial charge in [-0.2, -0.15) is 0 Å². The summed E-state index contributed by atoms with van der Waals surface area (Å²) in [5.74, 6) is -0.0650. The van der Waals surface area contributed by atoms with Crippen LogP contribution in [0.4, 0.5) is 4.39 Å². The summed E-state index contributed by atoms with van der Waals surface area (Å²) in [6.45, 7) is 2.67. The van der Waals surface area contributed by atoms with Crippen LogP contribution >= 0.6 is 0 Å².